The Labute approximate surface area is 177 Å². The molecule has 0 saturated carbocycles. The highest BCUT2D eigenvalue weighted by Crippen LogP contribution is 2.14. The number of hydrogen-bond donors (Lipinski definition) is 1. The van der Waals surface area contributed by atoms with Gasteiger partial charge in [0.1, 0.15) is 6.61 Å². The van der Waals surface area contributed by atoms with Gasteiger partial charge in [-0.1, -0.05) is 60.7 Å². The van der Waals surface area contributed by atoms with Gasteiger partial charge in [0.05, 0.1) is 32.5 Å². The zero-order chi connectivity index (χ0) is 21.8. The number of alkyl carbamates (subject to hydrolysis) is 1. The lowest BCUT2D eigenvalue weighted by Gasteiger charge is -2.26. The predicted octanol–water partition coefficient (Wildman–Crippen LogP) is 3.47. The van der Waals surface area contributed by atoms with E-state index in [4.69, 9.17) is 18.9 Å². The van der Waals surface area contributed by atoms with E-state index >= 15 is 0 Å². The molecule has 0 aliphatic heterocycles. The molecular weight excluding hydrogens is 386 g/mol. The van der Waals surface area contributed by atoms with Crippen LogP contribution in [0.4, 0.5) is 4.79 Å². The summed E-state index contributed by atoms with van der Waals surface area (Å²) in [6, 6.07) is 18.1. The summed E-state index contributed by atoms with van der Waals surface area (Å²) < 4.78 is 21.4. The van der Waals surface area contributed by atoms with Gasteiger partial charge in [0.2, 0.25) is 0 Å². The van der Waals surface area contributed by atoms with Crippen molar-refractivity contribution >= 4 is 12.1 Å². The van der Waals surface area contributed by atoms with Gasteiger partial charge in [0, 0.05) is 0 Å². The van der Waals surface area contributed by atoms with Crippen LogP contribution in [0.5, 0.6) is 0 Å². The molecule has 0 radical (unpaired) electrons. The summed E-state index contributed by atoms with van der Waals surface area (Å²) in [5, 5.41) is 2.48. The van der Waals surface area contributed by atoms with Gasteiger partial charge in [0.25, 0.3) is 0 Å². The van der Waals surface area contributed by atoms with E-state index in [2.05, 4.69) is 5.32 Å². The van der Waals surface area contributed by atoms with Crippen molar-refractivity contribution in [2.45, 2.75) is 38.7 Å². The monoisotopic (exact) mass is 415 g/mol. The number of amides is 1. The molecule has 0 aromatic heterocycles. The largest absolute Gasteiger partial charge is 0.467 e. The smallest absolute Gasteiger partial charge is 0.408 e. The van der Waals surface area contributed by atoms with Gasteiger partial charge in [-0.05, 0) is 25.0 Å². The molecule has 7 heteroatoms. The van der Waals surface area contributed by atoms with Crippen LogP contribution in [0.15, 0.2) is 60.7 Å². The lowest BCUT2D eigenvalue weighted by atomic mass is 10.1. The van der Waals surface area contributed by atoms with Crippen LogP contribution >= 0.6 is 0 Å². The second-order valence-corrected chi connectivity index (χ2v) is 7.33. The minimum atomic E-state index is -0.983. The zero-order valence-corrected chi connectivity index (χ0v) is 17.6. The molecule has 1 amide bonds. The minimum absolute atomic E-state index is 0.0642. The number of esters is 1. The third-order valence-electron chi connectivity index (χ3n) is 4.20. The summed E-state index contributed by atoms with van der Waals surface area (Å²) in [6.07, 6.45) is -0.725. The molecule has 30 heavy (non-hydrogen) atoms. The molecule has 2 aromatic carbocycles. The van der Waals surface area contributed by atoms with Crippen molar-refractivity contribution in [3.8, 4) is 0 Å². The van der Waals surface area contributed by atoms with Crippen molar-refractivity contribution < 1.29 is 28.5 Å². The van der Waals surface area contributed by atoms with Gasteiger partial charge in [-0.2, -0.15) is 0 Å². The Morgan fingerprint density at radius 3 is 2.07 bits per heavy atom. The zero-order valence-electron chi connectivity index (χ0n) is 17.6. The van der Waals surface area contributed by atoms with Gasteiger partial charge in [0.15, 0.2) is 6.04 Å². The van der Waals surface area contributed by atoms with Crippen LogP contribution in [0.1, 0.15) is 25.0 Å². The second kappa shape index (κ2) is 11.9. The molecular formula is C23H29NO6. The molecule has 2 rings (SSSR count). The highest BCUT2D eigenvalue weighted by Gasteiger charge is 2.25. The summed E-state index contributed by atoms with van der Waals surface area (Å²) in [4.78, 5) is 24.0. The van der Waals surface area contributed by atoms with Crippen molar-refractivity contribution in [2.24, 2.45) is 0 Å². The van der Waals surface area contributed by atoms with Crippen molar-refractivity contribution in [3.63, 3.8) is 0 Å². The average Bonchev–Trinajstić information content (AvgIpc) is 2.76. The van der Waals surface area contributed by atoms with Crippen molar-refractivity contribution in [1.82, 2.24) is 5.32 Å². The molecule has 7 nitrogen and oxygen atoms in total. The molecule has 1 atom stereocenters. The first-order chi connectivity index (χ1) is 14.4. The van der Waals surface area contributed by atoms with Gasteiger partial charge >= 0.3 is 12.1 Å². The van der Waals surface area contributed by atoms with E-state index in [9.17, 15) is 9.59 Å². The molecule has 2 aromatic rings. The Balaban J connectivity index is 1.77. The summed E-state index contributed by atoms with van der Waals surface area (Å²) in [5.74, 6) is -0.616. The van der Waals surface area contributed by atoms with Crippen LogP contribution in [0.3, 0.4) is 0 Å². The summed E-state index contributed by atoms with van der Waals surface area (Å²) in [7, 11) is 1.25. The summed E-state index contributed by atoms with van der Waals surface area (Å²) in [6.45, 7) is 4.50. The Bertz CT molecular complexity index is 779. The molecule has 0 aliphatic rings. The number of carbonyl (C=O) groups is 2. The van der Waals surface area contributed by atoms with Gasteiger partial charge < -0.3 is 24.3 Å². The fourth-order valence-electron chi connectivity index (χ4n) is 2.54. The van der Waals surface area contributed by atoms with Crippen molar-refractivity contribution in [1.29, 1.82) is 0 Å². The van der Waals surface area contributed by atoms with E-state index in [1.54, 1.807) is 0 Å². The maximum atomic E-state index is 12.0. The molecule has 0 fully saturated rings. The number of nitrogens with one attached hydrogen (secondary N) is 1. The number of methoxy groups -OCH3 is 1. The Morgan fingerprint density at radius 2 is 1.50 bits per heavy atom. The first-order valence-electron chi connectivity index (χ1n) is 9.70. The minimum Gasteiger partial charge on any atom is -0.467 e. The van der Waals surface area contributed by atoms with Gasteiger partial charge in [-0.3, -0.25) is 0 Å². The summed E-state index contributed by atoms with van der Waals surface area (Å²) in [5.41, 5.74) is 1.32. The predicted molar refractivity (Wildman–Crippen MR) is 112 cm³/mol. The second-order valence-electron chi connectivity index (χ2n) is 7.33. The highest BCUT2D eigenvalue weighted by atomic mass is 16.6. The number of ether oxygens (including phenoxy) is 4. The SMILES string of the molecule is COC(=O)[C@H](COCC(C)(C)OCc1ccccc1)NC(=O)OCc1ccccc1. The van der Waals surface area contributed by atoms with Crippen LogP contribution in [0.25, 0.3) is 0 Å². The molecule has 0 bridgehead atoms. The fraction of sp³-hybridized carbons (Fsp3) is 0.391. The maximum absolute atomic E-state index is 12.0. The Kier molecular flexibility index (Phi) is 9.31. The molecule has 0 unspecified atom stereocenters. The van der Waals surface area contributed by atoms with E-state index in [1.165, 1.54) is 7.11 Å². The maximum Gasteiger partial charge on any atom is 0.408 e. The standard InChI is InChI=1S/C23H29NO6/c1-23(2,30-15-19-12-8-5-9-13-19)17-28-16-20(21(25)27-3)24-22(26)29-14-18-10-6-4-7-11-18/h4-13,20H,14-17H2,1-3H3,(H,24,26)/t20-/m0/s1. The fourth-order valence-corrected chi connectivity index (χ4v) is 2.54. The highest BCUT2D eigenvalue weighted by molar-refractivity contribution is 5.81. The third kappa shape index (κ3) is 8.63. The van der Waals surface area contributed by atoms with Crippen molar-refractivity contribution in [3.05, 3.63) is 71.8 Å². The number of hydrogen-bond acceptors (Lipinski definition) is 6. The van der Waals surface area contributed by atoms with Crippen LogP contribution in [0, 0.1) is 0 Å². The quantitative estimate of drug-likeness (QED) is 0.566. The van der Waals surface area contributed by atoms with E-state index in [-0.39, 0.29) is 19.8 Å². The topological polar surface area (TPSA) is 83.1 Å². The molecule has 0 aliphatic carbocycles. The Morgan fingerprint density at radius 1 is 0.933 bits per heavy atom. The average molecular weight is 415 g/mol. The van der Waals surface area contributed by atoms with Crippen LogP contribution in [0.2, 0.25) is 0 Å². The van der Waals surface area contributed by atoms with Gasteiger partial charge in [-0.25, -0.2) is 9.59 Å². The number of carbonyl (C=O) groups excluding carboxylic acids is 2. The van der Waals surface area contributed by atoms with E-state index in [0.717, 1.165) is 11.1 Å². The molecule has 162 valence electrons. The molecule has 0 heterocycles. The van der Waals surface area contributed by atoms with Crippen LogP contribution in [-0.2, 0) is 37.0 Å². The van der Waals surface area contributed by atoms with E-state index < -0.39 is 23.7 Å². The van der Waals surface area contributed by atoms with E-state index in [0.29, 0.717) is 6.61 Å². The van der Waals surface area contributed by atoms with Crippen molar-refractivity contribution in [2.75, 3.05) is 20.3 Å². The molecule has 1 N–H and O–H groups in total. The first kappa shape index (κ1) is 23.4. The van der Waals surface area contributed by atoms with Crippen LogP contribution in [-0.4, -0.2) is 44.0 Å². The summed E-state index contributed by atoms with van der Waals surface area (Å²) >= 11 is 0. The van der Waals surface area contributed by atoms with Gasteiger partial charge in [-0.15, -0.1) is 0 Å². The first-order valence-corrected chi connectivity index (χ1v) is 9.70. The van der Waals surface area contributed by atoms with E-state index in [1.807, 2.05) is 74.5 Å². The Hall–Kier alpha value is -2.90. The lowest BCUT2D eigenvalue weighted by Crippen LogP contribution is -2.45. The number of rotatable bonds is 11. The normalized spacial score (nSPS) is 12.1. The number of benzene rings is 2. The van der Waals surface area contributed by atoms with Crippen LogP contribution < -0.4 is 5.32 Å². The molecule has 0 spiro atoms. The molecule has 0 saturated heterocycles. The lowest BCUT2D eigenvalue weighted by molar-refractivity contribution is -0.146. The third-order valence-corrected chi connectivity index (χ3v) is 4.20.